The van der Waals surface area contributed by atoms with Crippen molar-refractivity contribution in [3.05, 3.63) is 241 Å². The van der Waals surface area contributed by atoms with Crippen LogP contribution in [0.5, 0.6) is 11.5 Å². The molecule has 2 aliphatic rings. The summed E-state index contributed by atoms with van der Waals surface area (Å²) in [6.45, 7) is 0. The molecule has 1 atom stereocenters. The summed E-state index contributed by atoms with van der Waals surface area (Å²) in [5.41, 5.74) is 15.9. The fraction of sp³-hybridized carbons (Fsp3) is 0.0182. The van der Waals surface area contributed by atoms with Crippen molar-refractivity contribution in [1.82, 2.24) is 4.57 Å². The number of para-hydroxylation sites is 6. The lowest BCUT2D eigenvalue weighted by Gasteiger charge is -2.45. The lowest BCUT2D eigenvalue weighted by Crippen LogP contribution is -2.37. The van der Waals surface area contributed by atoms with Gasteiger partial charge in [0.1, 0.15) is 11.5 Å². The van der Waals surface area contributed by atoms with Crippen molar-refractivity contribution in [2.24, 2.45) is 0 Å². The summed E-state index contributed by atoms with van der Waals surface area (Å²) in [4.78, 5) is 2.29. The van der Waals surface area contributed by atoms with Crippen molar-refractivity contribution in [2.45, 2.75) is 5.41 Å². The van der Waals surface area contributed by atoms with Crippen LogP contribution < -0.4 is 9.64 Å². The third-order valence-corrected chi connectivity index (χ3v) is 12.2. The van der Waals surface area contributed by atoms with Gasteiger partial charge in [-0.25, -0.2) is 0 Å². The van der Waals surface area contributed by atoms with Crippen LogP contribution in [0.3, 0.4) is 0 Å². The van der Waals surface area contributed by atoms with E-state index in [9.17, 15) is 0 Å². The molecule has 58 heavy (non-hydrogen) atoms. The van der Waals surface area contributed by atoms with E-state index in [1.165, 1.54) is 49.7 Å². The highest BCUT2D eigenvalue weighted by Crippen LogP contribution is 2.60. The lowest BCUT2D eigenvalue weighted by molar-refractivity contribution is 0.434. The summed E-state index contributed by atoms with van der Waals surface area (Å²) in [5, 5.41) is 2.53. The van der Waals surface area contributed by atoms with Crippen LogP contribution >= 0.6 is 0 Å². The number of anilines is 3. The van der Waals surface area contributed by atoms with Gasteiger partial charge in [0.05, 0.1) is 22.1 Å². The Morgan fingerprint density at radius 1 is 0.362 bits per heavy atom. The van der Waals surface area contributed by atoms with Crippen LogP contribution in [-0.2, 0) is 5.41 Å². The molecular formula is C55H36N2O. The van der Waals surface area contributed by atoms with Crippen molar-refractivity contribution < 1.29 is 4.74 Å². The standard InChI is InChI=1S/C55H36N2O/c1-3-14-41(15-4-1)56(42-16-5-2-6-17-42)43-33-30-38(31-34-43)37-26-28-39(29-27-37)40-32-35-53-49(36-40)55(47-21-9-12-25-52(47)58-53)46-20-8-11-24-51(46)57-50-23-10-7-18-44(50)45-19-13-22-48(55)54(45)57/h1-36H. The van der Waals surface area contributed by atoms with Gasteiger partial charge in [-0.3, -0.25) is 0 Å². The molecule has 0 saturated heterocycles. The quantitative estimate of drug-likeness (QED) is 0.175. The highest BCUT2D eigenvalue weighted by Gasteiger charge is 2.50. The average molecular weight is 741 g/mol. The fourth-order valence-corrected chi connectivity index (χ4v) is 9.76. The maximum absolute atomic E-state index is 6.80. The summed E-state index contributed by atoms with van der Waals surface area (Å²) >= 11 is 0. The maximum Gasteiger partial charge on any atom is 0.132 e. The Bertz CT molecular complexity index is 3140. The molecule has 0 aliphatic carbocycles. The van der Waals surface area contributed by atoms with E-state index in [1.807, 2.05) is 0 Å². The number of hydrogen-bond acceptors (Lipinski definition) is 2. The van der Waals surface area contributed by atoms with Gasteiger partial charge in [0, 0.05) is 39.0 Å². The van der Waals surface area contributed by atoms with E-state index in [2.05, 4.69) is 228 Å². The molecule has 1 unspecified atom stereocenters. The number of rotatable bonds is 5. The third-order valence-electron chi connectivity index (χ3n) is 12.2. The molecule has 0 radical (unpaired) electrons. The summed E-state index contributed by atoms with van der Waals surface area (Å²) in [6, 6.07) is 78.9. The zero-order valence-electron chi connectivity index (χ0n) is 31.6. The second kappa shape index (κ2) is 12.7. The first-order valence-corrected chi connectivity index (χ1v) is 19.9. The zero-order valence-corrected chi connectivity index (χ0v) is 31.6. The molecule has 1 spiro atoms. The molecule has 2 aliphatic heterocycles. The predicted molar refractivity (Wildman–Crippen MR) is 238 cm³/mol. The Morgan fingerprint density at radius 3 is 1.62 bits per heavy atom. The second-order valence-corrected chi connectivity index (χ2v) is 15.3. The van der Waals surface area contributed by atoms with Crippen LogP contribution in [-0.4, -0.2) is 4.57 Å². The Hall–Kier alpha value is -7.62. The first-order valence-electron chi connectivity index (χ1n) is 19.9. The highest BCUT2D eigenvalue weighted by atomic mass is 16.5. The minimum atomic E-state index is -0.601. The molecule has 0 fully saturated rings. The summed E-state index contributed by atoms with van der Waals surface area (Å²) in [7, 11) is 0. The maximum atomic E-state index is 6.80. The van der Waals surface area contributed by atoms with Gasteiger partial charge in [-0.2, -0.15) is 0 Å². The highest BCUT2D eigenvalue weighted by molar-refractivity contribution is 6.12. The monoisotopic (exact) mass is 740 g/mol. The number of ether oxygens (including phenoxy) is 1. The number of benzene rings is 9. The molecule has 1 aromatic heterocycles. The summed E-state index contributed by atoms with van der Waals surface area (Å²) < 4.78 is 9.28. The Morgan fingerprint density at radius 2 is 0.879 bits per heavy atom. The van der Waals surface area contributed by atoms with Crippen LogP contribution in [0.25, 0.3) is 49.7 Å². The number of nitrogens with zero attached hydrogens (tertiary/aromatic N) is 2. The molecular weight excluding hydrogens is 705 g/mol. The van der Waals surface area contributed by atoms with Crippen molar-refractivity contribution >= 4 is 38.9 Å². The molecule has 0 amide bonds. The molecule has 10 aromatic rings. The Balaban J connectivity index is 0.979. The number of aromatic nitrogens is 1. The third kappa shape index (κ3) is 4.68. The average Bonchev–Trinajstić information content (AvgIpc) is 3.64. The van der Waals surface area contributed by atoms with Crippen LogP contribution in [0.1, 0.15) is 22.3 Å². The SMILES string of the molecule is c1ccc(N(c2ccccc2)c2ccc(-c3ccc(-c4ccc5c(c4)C4(c6ccccc6O5)c5ccccc5-n5c6ccccc6c6cccc4c65)cc3)cc2)cc1. The van der Waals surface area contributed by atoms with Gasteiger partial charge in [-0.1, -0.05) is 152 Å². The van der Waals surface area contributed by atoms with Crippen molar-refractivity contribution in [1.29, 1.82) is 0 Å². The van der Waals surface area contributed by atoms with E-state index >= 15 is 0 Å². The van der Waals surface area contributed by atoms with Gasteiger partial charge in [0.25, 0.3) is 0 Å². The van der Waals surface area contributed by atoms with Crippen molar-refractivity contribution in [3.8, 4) is 39.4 Å². The van der Waals surface area contributed by atoms with Gasteiger partial charge in [0.2, 0.25) is 0 Å². The molecule has 3 heteroatoms. The van der Waals surface area contributed by atoms with Crippen molar-refractivity contribution in [2.75, 3.05) is 4.90 Å². The number of hydrogen-bond donors (Lipinski definition) is 0. The predicted octanol–water partition coefficient (Wildman–Crippen LogP) is 14.4. The first-order chi connectivity index (χ1) is 28.8. The molecule has 12 rings (SSSR count). The van der Waals surface area contributed by atoms with E-state index in [-0.39, 0.29) is 0 Å². The fourth-order valence-electron chi connectivity index (χ4n) is 9.76. The van der Waals surface area contributed by atoms with Crippen LogP contribution in [0.2, 0.25) is 0 Å². The van der Waals surface area contributed by atoms with E-state index in [0.717, 1.165) is 50.8 Å². The number of fused-ring (bicyclic) bond motifs is 11. The van der Waals surface area contributed by atoms with Gasteiger partial charge in [-0.15, -0.1) is 0 Å². The van der Waals surface area contributed by atoms with E-state index < -0.39 is 5.41 Å². The normalized spacial score (nSPS) is 14.8. The molecule has 0 bridgehead atoms. The minimum Gasteiger partial charge on any atom is -0.457 e. The van der Waals surface area contributed by atoms with E-state index in [0.29, 0.717) is 0 Å². The Kier molecular flexibility index (Phi) is 7.14. The van der Waals surface area contributed by atoms with Gasteiger partial charge in [-0.05, 0) is 100 Å². The molecule has 272 valence electrons. The topological polar surface area (TPSA) is 17.4 Å². The lowest BCUT2D eigenvalue weighted by atomic mass is 9.61. The van der Waals surface area contributed by atoms with Gasteiger partial charge < -0.3 is 14.2 Å². The molecule has 3 nitrogen and oxygen atoms in total. The molecule has 0 N–H and O–H groups in total. The van der Waals surface area contributed by atoms with Crippen LogP contribution in [0.15, 0.2) is 218 Å². The zero-order chi connectivity index (χ0) is 38.2. The smallest absolute Gasteiger partial charge is 0.132 e. The largest absolute Gasteiger partial charge is 0.457 e. The Labute approximate surface area is 337 Å². The molecule has 3 heterocycles. The van der Waals surface area contributed by atoms with Crippen LogP contribution in [0, 0.1) is 0 Å². The molecule has 0 saturated carbocycles. The summed E-state index contributed by atoms with van der Waals surface area (Å²) in [6.07, 6.45) is 0. The van der Waals surface area contributed by atoms with Crippen LogP contribution in [0.4, 0.5) is 17.1 Å². The first kappa shape index (κ1) is 32.6. The van der Waals surface area contributed by atoms with E-state index in [4.69, 9.17) is 4.74 Å². The molecule has 9 aromatic carbocycles. The van der Waals surface area contributed by atoms with Crippen molar-refractivity contribution in [3.63, 3.8) is 0 Å². The minimum absolute atomic E-state index is 0.601. The van der Waals surface area contributed by atoms with E-state index in [1.54, 1.807) is 0 Å². The van der Waals surface area contributed by atoms with Gasteiger partial charge in [0.15, 0.2) is 0 Å². The second-order valence-electron chi connectivity index (χ2n) is 15.3. The summed E-state index contributed by atoms with van der Waals surface area (Å²) in [5.74, 6) is 1.78. The van der Waals surface area contributed by atoms with Gasteiger partial charge >= 0.3 is 0 Å².